The molecule has 16 heteroatoms. The molecule has 200 valence electrons. The Bertz CT molecular complexity index is 1310. The van der Waals surface area contributed by atoms with Gasteiger partial charge in [-0.25, -0.2) is 9.97 Å². The molecule has 2 heterocycles. The number of ether oxygens (including phenoxy) is 1. The summed E-state index contributed by atoms with van der Waals surface area (Å²) in [5.41, 5.74) is 28.9. The summed E-state index contributed by atoms with van der Waals surface area (Å²) in [6, 6.07) is 8.71. The molecule has 0 spiro atoms. The van der Waals surface area contributed by atoms with Crippen LogP contribution in [0.3, 0.4) is 0 Å². The van der Waals surface area contributed by atoms with Crippen LogP contribution in [0.25, 0.3) is 0 Å². The van der Waals surface area contributed by atoms with E-state index in [0.29, 0.717) is 12.3 Å². The molecule has 15 nitrogen and oxygen atoms in total. The number of anilines is 5. The van der Waals surface area contributed by atoms with E-state index in [4.69, 9.17) is 45.0 Å². The zero-order valence-electron chi connectivity index (χ0n) is 20.1. The van der Waals surface area contributed by atoms with Crippen LogP contribution in [0, 0.1) is 0 Å². The summed E-state index contributed by atoms with van der Waals surface area (Å²) in [5, 5.41) is 4.71. The Morgan fingerprint density at radius 3 is 2.32 bits per heavy atom. The normalized spacial score (nSPS) is 11.1. The molecule has 0 saturated carbocycles. The molecule has 3 aromatic rings. The molecule has 0 saturated heterocycles. The van der Waals surface area contributed by atoms with E-state index in [0.717, 1.165) is 24.8 Å². The molecule has 0 aliphatic carbocycles. The first-order valence-electron chi connectivity index (χ1n) is 11.2. The molecule has 2 amide bonds. The predicted octanol–water partition coefficient (Wildman–Crippen LogP) is 0.334. The van der Waals surface area contributed by atoms with Gasteiger partial charge in [0.2, 0.25) is 5.95 Å². The summed E-state index contributed by atoms with van der Waals surface area (Å²) < 4.78 is 5.48. The van der Waals surface area contributed by atoms with Gasteiger partial charge in [0.25, 0.3) is 11.8 Å². The molecule has 1 aromatic carbocycles. The van der Waals surface area contributed by atoms with Gasteiger partial charge in [-0.1, -0.05) is 23.7 Å². The number of carbonyl (C=O) groups excluding carboxylic acids is 2. The van der Waals surface area contributed by atoms with Gasteiger partial charge in [-0.2, -0.15) is 9.97 Å². The number of carbonyl (C=O) groups is 2. The fourth-order valence-electron chi connectivity index (χ4n) is 3.07. The summed E-state index contributed by atoms with van der Waals surface area (Å²) in [4.78, 5) is 43.7. The maximum Gasteiger partial charge on any atom is 0.280 e. The van der Waals surface area contributed by atoms with Crippen molar-refractivity contribution >= 4 is 58.6 Å². The van der Waals surface area contributed by atoms with Crippen molar-refractivity contribution in [3.8, 4) is 5.75 Å². The number of unbranched alkanes of at least 4 members (excludes halogenated alkanes) is 1. The van der Waals surface area contributed by atoms with E-state index in [1.165, 1.54) is 6.07 Å². The van der Waals surface area contributed by atoms with Crippen molar-refractivity contribution in [1.82, 2.24) is 25.3 Å². The van der Waals surface area contributed by atoms with Gasteiger partial charge in [-0.3, -0.25) is 25.2 Å². The zero-order valence-corrected chi connectivity index (χ0v) is 20.9. The SMILES string of the molecule is NC(=NCCCCc1ccc(OCC(=O)Nc2nc(N)cc(N)n2)cc1)NC(=O)c1nc(Cl)c(N)nc1N. The lowest BCUT2D eigenvalue weighted by atomic mass is 10.1. The number of halogens is 1. The second-order valence-corrected chi connectivity index (χ2v) is 8.19. The van der Waals surface area contributed by atoms with Crippen LogP contribution in [0.1, 0.15) is 28.9 Å². The van der Waals surface area contributed by atoms with Crippen LogP contribution in [0.15, 0.2) is 35.3 Å². The van der Waals surface area contributed by atoms with Crippen LogP contribution >= 0.6 is 11.6 Å². The van der Waals surface area contributed by atoms with Crippen molar-refractivity contribution in [2.75, 3.05) is 41.4 Å². The van der Waals surface area contributed by atoms with E-state index in [1.54, 1.807) is 12.1 Å². The number of nitrogens with two attached hydrogens (primary N) is 5. The van der Waals surface area contributed by atoms with Crippen LogP contribution in [0.4, 0.5) is 29.2 Å². The second kappa shape index (κ2) is 12.9. The molecule has 0 unspecified atom stereocenters. The van der Waals surface area contributed by atoms with Gasteiger partial charge in [0, 0.05) is 12.6 Å². The quantitative estimate of drug-likeness (QED) is 0.104. The largest absolute Gasteiger partial charge is 0.484 e. The standard InChI is InChI=1S/C22H27ClN12O3/c23-17-19(27)34-18(26)16(33-17)20(37)35-21(28)29-8-2-1-3-11-4-6-12(7-5-11)38-10-15(36)32-22-30-13(24)9-14(25)31-22/h4-7,9H,1-3,8,10H2,(H4,26,27,34)(H3,28,29,35,37)(H5,24,25,30,31,32,36). The zero-order chi connectivity index (χ0) is 27.7. The summed E-state index contributed by atoms with van der Waals surface area (Å²) in [6.45, 7) is 0.159. The fourth-order valence-corrected chi connectivity index (χ4v) is 3.19. The Morgan fingerprint density at radius 1 is 0.947 bits per heavy atom. The maximum absolute atomic E-state index is 12.2. The van der Waals surface area contributed by atoms with Crippen LogP contribution in [0.5, 0.6) is 5.75 Å². The van der Waals surface area contributed by atoms with Gasteiger partial charge in [-0.05, 0) is 37.0 Å². The minimum Gasteiger partial charge on any atom is -0.484 e. The van der Waals surface area contributed by atoms with E-state index in [-0.39, 0.29) is 52.6 Å². The highest BCUT2D eigenvalue weighted by atomic mass is 35.5. The molecule has 38 heavy (non-hydrogen) atoms. The summed E-state index contributed by atoms with van der Waals surface area (Å²) >= 11 is 5.78. The molecule has 0 atom stereocenters. The second-order valence-electron chi connectivity index (χ2n) is 7.83. The molecular weight excluding hydrogens is 516 g/mol. The number of rotatable bonds is 10. The fraction of sp³-hybridized carbons (Fsp3) is 0.227. The minimum absolute atomic E-state index is 0.00522. The number of hydrogen-bond acceptors (Lipinski definition) is 12. The van der Waals surface area contributed by atoms with Crippen molar-refractivity contribution < 1.29 is 14.3 Å². The van der Waals surface area contributed by atoms with E-state index in [9.17, 15) is 9.59 Å². The third-order valence-corrected chi connectivity index (χ3v) is 5.11. The highest BCUT2D eigenvalue weighted by molar-refractivity contribution is 6.31. The Labute approximate surface area is 222 Å². The van der Waals surface area contributed by atoms with Gasteiger partial charge in [-0.15, -0.1) is 0 Å². The van der Waals surface area contributed by atoms with Gasteiger partial charge in [0.1, 0.15) is 17.4 Å². The molecule has 3 rings (SSSR count). The first-order chi connectivity index (χ1) is 18.1. The Kier molecular flexibility index (Phi) is 9.37. The van der Waals surface area contributed by atoms with E-state index < -0.39 is 11.8 Å². The smallest absolute Gasteiger partial charge is 0.280 e. The Morgan fingerprint density at radius 2 is 1.63 bits per heavy atom. The molecule has 0 aliphatic heterocycles. The average molecular weight is 543 g/mol. The van der Waals surface area contributed by atoms with Gasteiger partial charge >= 0.3 is 0 Å². The first-order valence-corrected chi connectivity index (χ1v) is 11.6. The number of aromatic nitrogens is 4. The van der Waals surface area contributed by atoms with Crippen LogP contribution in [0.2, 0.25) is 5.15 Å². The number of aryl methyl sites for hydroxylation is 1. The number of guanidine groups is 1. The van der Waals surface area contributed by atoms with Crippen molar-refractivity contribution in [1.29, 1.82) is 0 Å². The van der Waals surface area contributed by atoms with Gasteiger partial charge < -0.3 is 33.4 Å². The van der Waals surface area contributed by atoms with Crippen LogP contribution in [-0.2, 0) is 11.2 Å². The minimum atomic E-state index is -0.694. The number of aliphatic imine (C=N–C) groups is 1. The lowest BCUT2D eigenvalue weighted by Crippen LogP contribution is -2.38. The Hall–Kier alpha value is -4.92. The lowest BCUT2D eigenvalue weighted by Gasteiger charge is -2.08. The number of amides is 2. The third-order valence-electron chi connectivity index (χ3n) is 4.83. The molecule has 0 radical (unpaired) electrons. The monoisotopic (exact) mass is 542 g/mol. The third kappa shape index (κ3) is 8.34. The van der Waals surface area contributed by atoms with Crippen LogP contribution in [-0.4, -0.2) is 50.9 Å². The van der Waals surface area contributed by atoms with E-state index >= 15 is 0 Å². The van der Waals surface area contributed by atoms with Gasteiger partial charge in [0.15, 0.2) is 35.0 Å². The Balaban J connectivity index is 1.36. The number of benzene rings is 1. The number of nitrogens with zero attached hydrogens (tertiary/aromatic N) is 5. The highest BCUT2D eigenvalue weighted by Gasteiger charge is 2.16. The number of nitrogen functional groups attached to an aromatic ring is 4. The topological polar surface area (TPSA) is 261 Å². The summed E-state index contributed by atoms with van der Waals surface area (Å²) in [6.07, 6.45) is 2.33. The highest BCUT2D eigenvalue weighted by Crippen LogP contribution is 2.17. The van der Waals surface area contributed by atoms with E-state index in [2.05, 4.69) is 35.6 Å². The van der Waals surface area contributed by atoms with Crippen LogP contribution < -0.4 is 44.0 Å². The molecule has 0 aliphatic rings. The first kappa shape index (κ1) is 27.7. The summed E-state index contributed by atoms with van der Waals surface area (Å²) in [7, 11) is 0. The van der Waals surface area contributed by atoms with Gasteiger partial charge in [0.05, 0.1) is 0 Å². The average Bonchev–Trinajstić information content (AvgIpc) is 2.84. The predicted molar refractivity (Wildman–Crippen MR) is 144 cm³/mol. The van der Waals surface area contributed by atoms with Crippen molar-refractivity contribution in [3.05, 3.63) is 46.7 Å². The molecule has 12 N–H and O–H groups in total. The number of hydrogen-bond donors (Lipinski definition) is 7. The molecular formula is C22H27ClN12O3. The van der Waals surface area contributed by atoms with Crippen molar-refractivity contribution in [2.45, 2.75) is 19.3 Å². The van der Waals surface area contributed by atoms with E-state index in [1.807, 2.05) is 12.1 Å². The van der Waals surface area contributed by atoms with Crippen molar-refractivity contribution in [3.63, 3.8) is 0 Å². The molecule has 0 bridgehead atoms. The molecule has 0 fully saturated rings. The number of nitrogens with one attached hydrogen (secondary N) is 2. The lowest BCUT2D eigenvalue weighted by molar-refractivity contribution is -0.118. The van der Waals surface area contributed by atoms with Crippen molar-refractivity contribution in [2.24, 2.45) is 10.7 Å². The summed E-state index contributed by atoms with van der Waals surface area (Å²) in [5.74, 6) is -0.660. The molecule has 2 aromatic heterocycles. The maximum atomic E-state index is 12.2.